The molecule has 6 nitrogen and oxygen atoms in total. The van der Waals surface area contributed by atoms with Crippen LogP contribution in [0.2, 0.25) is 0 Å². The summed E-state index contributed by atoms with van der Waals surface area (Å²) in [4.78, 5) is 30.4. The van der Waals surface area contributed by atoms with E-state index in [2.05, 4.69) is 17.0 Å². The Labute approximate surface area is 154 Å². The predicted molar refractivity (Wildman–Crippen MR) is 97.4 cm³/mol. The Morgan fingerprint density at radius 1 is 1.15 bits per heavy atom. The second kappa shape index (κ2) is 7.37. The molecule has 26 heavy (non-hydrogen) atoms. The number of piperidine rings is 1. The van der Waals surface area contributed by atoms with Crippen molar-refractivity contribution in [1.29, 1.82) is 0 Å². The SMILES string of the molecule is CC(=O)N1CCC(N2C[C@@H]3OCC(=O)N(Cc4ccccc4)[C@@H]3C2)CC1. The average molecular weight is 357 g/mol. The van der Waals surface area contributed by atoms with E-state index >= 15 is 0 Å². The van der Waals surface area contributed by atoms with E-state index in [1.54, 1.807) is 6.92 Å². The maximum atomic E-state index is 12.5. The van der Waals surface area contributed by atoms with Crippen molar-refractivity contribution in [3.63, 3.8) is 0 Å². The van der Waals surface area contributed by atoms with E-state index in [1.807, 2.05) is 28.0 Å². The summed E-state index contributed by atoms with van der Waals surface area (Å²) in [5.41, 5.74) is 1.16. The number of morpholine rings is 1. The Morgan fingerprint density at radius 3 is 2.58 bits per heavy atom. The fourth-order valence-corrected chi connectivity index (χ4v) is 4.52. The number of fused-ring (bicyclic) bond motifs is 1. The molecular formula is C20H27N3O3. The summed E-state index contributed by atoms with van der Waals surface area (Å²) in [6, 6.07) is 10.8. The van der Waals surface area contributed by atoms with Crippen LogP contribution in [0, 0.1) is 0 Å². The molecule has 0 N–H and O–H groups in total. The number of hydrogen-bond acceptors (Lipinski definition) is 4. The second-order valence-corrected chi connectivity index (χ2v) is 7.62. The van der Waals surface area contributed by atoms with Crippen LogP contribution in [0.4, 0.5) is 0 Å². The zero-order chi connectivity index (χ0) is 18.1. The van der Waals surface area contributed by atoms with Crippen molar-refractivity contribution in [2.45, 2.75) is 44.5 Å². The van der Waals surface area contributed by atoms with E-state index in [9.17, 15) is 9.59 Å². The fraction of sp³-hybridized carbons (Fsp3) is 0.600. The highest BCUT2D eigenvalue weighted by atomic mass is 16.5. The largest absolute Gasteiger partial charge is 0.365 e. The number of hydrogen-bond donors (Lipinski definition) is 0. The third-order valence-corrected chi connectivity index (χ3v) is 6.03. The summed E-state index contributed by atoms with van der Waals surface area (Å²) in [6.45, 7) is 5.90. The lowest BCUT2D eigenvalue weighted by atomic mass is 10.0. The molecule has 2 amide bonds. The molecule has 0 aromatic heterocycles. The summed E-state index contributed by atoms with van der Waals surface area (Å²) in [5, 5.41) is 0. The van der Waals surface area contributed by atoms with Crippen LogP contribution < -0.4 is 0 Å². The number of nitrogens with zero attached hydrogens (tertiary/aromatic N) is 3. The van der Waals surface area contributed by atoms with Gasteiger partial charge in [-0.25, -0.2) is 0 Å². The Bertz CT molecular complexity index is 658. The molecular weight excluding hydrogens is 330 g/mol. The van der Waals surface area contributed by atoms with Gasteiger partial charge in [-0.05, 0) is 18.4 Å². The van der Waals surface area contributed by atoms with Gasteiger partial charge >= 0.3 is 0 Å². The molecule has 140 valence electrons. The van der Waals surface area contributed by atoms with Crippen molar-refractivity contribution in [3.05, 3.63) is 35.9 Å². The van der Waals surface area contributed by atoms with Crippen molar-refractivity contribution in [3.8, 4) is 0 Å². The molecule has 0 unspecified atom stereocenters. The lowest BCUT2D eigenvalue weighted by Crippen LogP contribution is -2.53. The van der Waals surface area contributed by atoms with Crippen molar-refractivity contribution in [2.24, 2.45) is 0 Å². The van der Waals surface area contributed by atoms with E-state index in [0.29, 0.717) is 12.6 Å². The Hall–Kier alpha value is -1.92. The molecule has 1 aromatic carbocycles. The monoisotopic (exact) mass is 357 g/mol. The molecule has 0 aliphatic carbocycles. The first-order chi connectivity index (χ1) is 12.6. The lowest BCUT2D eigenvalue weighted by molar-refractivity contribution is -0.153. The molecule has 0 radical (unpaired) electrons. The highest BCUT2D eigenvalue weighted by Gasteiger charge is 2.45. The third-order valence-electron chi connectivity index (χ3n) is 6.03. The molecule has 3 heterocycles. The van der Waals surface area contributed by atoms with Crippen molar-refractivity contribution < 1.29 is 14.3 Å². The molecule has 3 aliphatic heterocycles. The Morgan fingerprint density at radius 2 is 1.88 bits per heavy atom. The molecule has 3 fully saturated rings. The summed E-state index contributed by atoms with van der Waals surface area (Å²) in [7, 11) is 0. The number of amides is 2. The first-order valence-electron chi connectivity index (χ1n) is 9.56. The molecule has 3 aliphatic rings. The molecule has 1 aromatic rings. The zero-order valence-electron chi connectivity index (χ0n) is 15.3. The van der Waals surface area contributed by atoms with Crippen LogP contribution in [-0.2, 0) is 20.9 Å². The number of rotatable bonds is 3. The van der Waals surface area contributed by atoms with Gasteiger partial charge in [-0.3, -0.25) is 14.5 Å². The quantitative estimate of drug-likeness (QED) is 0.813. The minimum Gasteiger partial charge on any atom is -0.365 e. The number of likely N-dealkylation sites (tertiary alicyclic amines) is 2. The lowest BCUT2D eigenvalue weighted by Gasteiger charge is -2.37. The zero-order valence-corrected chi connectivity index (χ0v) is 15.3. The first kappa shape index (κ1) is 17.5. The summed E-state index contributed by atoms with van der Waals surface area (Å²) in [5.74, 6) is 0.254. The highest BCUT2D eigenvalue weighted by molar-refractivity contribution is 5.78. The number of ether oxygens (including phenoxy) is 1. The second-order valence-electron chi connectivity index (χ2n) is 7.62. The van der Waals surface area contributed by atoms with Crippen molar-refractivity contribution >= 4 is 11.8 Å². The molecule has 6 heteroatoms. The molecule has 4 rings (SSSR count). The Balaban J connectivity index is 1.41. The number of carbonyl (C=O) groups excluding carboxylic acids is 2. The third kappa shape index (κ3) is 3.48. The topological polar surface area (TPSA) is 53.1 Å². The van der Waals surface area contributed by atoms with E-state index < -0.39 is 0 Å². The van der Waals surface area contributed by atoms with Crippen LogP contribution in [0.1, 0.15) is 25.3 Å². The smallest absolute Gasteiger partial charge is 0.249 e. The van der Waals surface area contributed by atoms with Crippen LogP contribution in [0.3, 0.4) is 0 Å². The van der Waals surface area contributed by atoms with Gasteiger partial charge in [0.15, 0.2) is 0 Å². The van der Waals surface area contributed by atoms with E-state index in [-0.39, 0.29) is 30.6 Å². The molecule has 2 atom stereocenters. The van der Waals surface area contributed by atoms with Gasteiger partial charge in [-0.2, -0.15) is 0 Å². The van der Waals surface area contributed by atoms with Gasteiger partial charge in [-0.15, -0.1) is 0 Å². The number of benzene rings is 1. The van der Waals surface area contributed by atoms with E-state index in [4.69, 9.17) is 4.74 Å². The van der Waals surface area contributed by atoms with Gasteiger partial charge < -0.3 is 14.5 Å². The van der Waals surface area contributed by atoms with Crippen LogP contribution in [-0.4, -0.2) is 77.5 Å². The van der Waals surface area contributed by atoms with Crippen LogP contribution in [0.25, 0.3) is 0 Å². The standard InChI is InChI=1S/C20H27N3O3/c1-15(24)21-9-7-17(8-10-21)22-12-18-19(13-22)26-14-20(25)23(18)11-16-5-3-2-4-6-16/h2-6,17-19H,7-14H2,1H3/t18-,19+/m1/s1. The highest BCUT2D eigenvalue weighted by Crippen LogP contribution is 2.29. The van der Waals surface area contributed by atoms with Crippen LogP contribution in [0.5, 0.6) is 0 Å². The maximum absolute atomic E-state index is 12.5. The van der Waals surface area contributed by atoms with Gasteiger partial charge in [0.2, 0.25) is 11.8 Å². The van der Waals surface area contributed by atoms with Crippen LogP contribution in [0.15, 0.2) is 30.3 Å². The molecule has 0 spiro atoms. The summed E-state index contributed by atoms with van der Waals surface area (Å²) < 4.78 is 5.87. The number of carbonyl (C=O) groups is 2. The predicted octanol–water partition coefficient (Wildman–Crippen LogP) is 1.11. The first-order valence-corrected chi connectivity index (χ1v) is 9.56. The minimum absolute atomic E-state index is 0.0864. The van der Waals surface area contributed by atoms with Gasteiger partial charge in [0.05, 0.1) is 12.1 Å². The van der Waals surface area contributed by atoms with Crippen LogP contribution >= 0.6 is 0 Å². The molecule has 0 bridgehead atoms. The maximum Gasteiger partial charge on any atom is 0.249 e. The van der Waals surface area contributed by atoms with Gasteiger partial charge in [0, 0.05) is 45.7 Å². The van der Waals surface area contributed by atoms with E-state index in [1.165, 1.54) is 0 Å². The fourth-order valence-electron chi connectivity index (χ4n) is 4.52. The summed E-state index contributed by atoms with van der Waals surface area (Å²) >= 11 is 0. The minimum atomic E-state index is 0.0864. The van der Waals surface area contributed by atoms with Gasteiger partial charge in [0.25, 0.3) is 0 Å². The molecule has 0 saturated carbocycles. The van der Waals surface area contributed by atoms with E-state index in [0.717, 1.165) is 44.6 Å². The van der Waals surface area contributed by atoms with Gasteiger partial charge in [0.1, 0.15) is 6.61 Å². The van der Waals surface area contributed by atoms with Crippen molar-refractivity contribution in [2.75, 3.05) is 32.8 Å². The summed E-state index contributed by atoms with van der Waals surface area (Å²) in [6.07, 6.45) is 2.11. The molecule has 3 saturated heterocycles. The van der Waals surface area contributed by atoms with Gasteiger partial charge in [-0.1, -0.05) is 30.3 Å². The van der Waals surface area contributed by atoms with Crippen molar-refractivity contribution in [1.82, 2.24) is 14.7 Å². The average Bonchev–Trinajstić information content (AvgIpc) is 3.10. The Kier molecular flexibility index (Phi) is 4.96. The normalized spacial score (nSPS) is 27.7.